The molecule has 0 fully saturated rings. The third kappa shape index (κ3) is 9.25. The molecule has 0 aliphatic rings. The number of amides is 1. The molecule has 156 valence electrons. The molecule has 0 bridgehead atoms. The topological polar surface area (TPSA) is 73.9 Å². The van der Waals surface area contributed by atoms with Crippen molar-refractivity contribution >= 4 is 12.1 Å². The maximum absolute atomic E-state index is 12.5. The van der Waals surface area contributed by atoms with Crippen molar-refractivity contribution in [2.45, 2.75) is 52.0 Å². The lowest BCUT2D eigenvalue weighted by Gasteiger charge is -2.22. The van der Waals surface area contributed by atoms with Crippen LogP contribution in [0.15, 0.2) is 60.7 Å². The number of esters is 1. The molecule has 1 atom stereocenters. The molecule has 0 aliphatic heterocycles. The fourth-order valence-corrected chi connectivity index (χ4v) is 2.47. The molecule has 0 saturated heterocycles. The van der Waals surface area contributed by atoms with Crippen molar-refractivity contribution in [1.29, 1.82) is 0 Å². The highest BCUT2D eigenvalue weighted by Crippen LogP contribution is 2.10. The van der Waals surface area contributed by atoms with Gasteiger partial charge in [-0.05, 0) is 31.9 Å². The molecule has 2 aromatic carbocycles. The van der Waals surface area contributed by atoms with Gasteiger partial charge in [-0.1, -0.05) is 60.7 Å². The Morgan fingerprint density at radius 3 is 1.90 bits per heavy atom. The number of benzene rings is 2. The number of alkyl carbamates (subject to hydrolysis) is 1. The van der Waals surface area contributed by atoms with E-state index in [0.29, 0.717) is 6.61 Å². The minimum absolute atomic E-state index is 0.122. The van der Waals surface area contributed by atoms with Gasteiger partial charge in [0.1, 0.15) is 19.3 Å². The van der Waals surface area contributed by atoms with Crippen LogP contribution in [0, 0.1) is 0 Å². The SMILES string of the molecule is CC(C)(C)OCC[C@H](NC(=O)OCc1ccccc1)C(=O)OCc1ccccc1. The Balaban J connectivity index is 1.89. The first-order valence-electron chi connectivity index (χ1n) is 9.65. The van der Waals surface area contributed by atoms with Crippen molar-refractivity contribution in [3.8, 4) is 0 Å². The van der Waals surface area contributed by atoms with Crippen molar-refractivity contribution in [3.63, 3.8) is 0 Å². The molecule has 0 aromatic heterocycles. The Bertz CT molecular complexity index is 756. The molecule has 0 aliphatic carbocycles. The van der Waals surface area contributed by atoms with Crippen molar-refractivity contribution < 1.29 is 23.8 Å². The summed E-state index contributed by atoms with van der Waals surface area (Å²) in [5.74, 6) is -0.525. The van der Waals surface area contributed by atoms with Crippen molar-refractivity contribution in [1.82, 2.24) is 5.32 Å². The highest BCUT2D eigenvalue weighted by atomic mass is 16.6. The molecular weight excluding hydrogens is 370 g/mol. The Morgan fingerprint density at radius 1 is 0.862 bits per heavy atom. The van der Waals surface area contributed by atoms with E-state index in [-0.39, 0.29) is 25.2 Å². The van der Waals surface area contributed by atoms with Gasteiger partial charge in [-0.3, -0.25) is 0 Å². The van der Waals surface area contributed by atoms with Crippen LogP contribution in [0.2, 0.25) is 0 Å². The fourth-order valence-electron chi connectivity index (χ4n) is 2.47. The van der Waals surface area contributed by atoms with E-state index < -0.39 is 18.1 Å². The number of hydrogen-bond acceptors (Lipinski definition) is 5. The van der Waals surface area contributed by atoms with E-state index in [1.165, 1.54) is 0 Å². The number of carbonyl (C=O) groups excluding carboxylic acids is 2. The summed E-state index contributed by atoms with van der Waals surface area (Å²) in [5, 5.41) is 2.59. The van der Waals surface area contributed by atoms with Gasteiger partial charge in [0.25, 0.3) is 0 Å². The zero-order valence-electron chi connectivity index (χ0n) is 17.2. The number of hydrogen-bond donors (Lipinski definition) is 1. The standard InChI is InChI=1S/C23H29NO5/c1-23(2,3)29-15-14-20(21(25)27-16-18-10-6-4-7-11-18)24-22(26)28-17-19-12-8-5-9-13-19/h4-13,20H,14-17H2,1-3H3,(H,24,26)/t20-/m0/s1. The summed E-state index contributed by atoms with van der Waals surface area (Å²) in [5.41, 5.74) is 1.39. The van der Waals surface area contributed by atoms with Gasteiger partial charge >= 0.3 is 12.1 Å². The summed E-state index contributed by atoms with van der Waals surface area (Å²) in [6.45, 7) is 6.34. The third-order valence-corrected chi connectivity index (χ3v) is 3.95. The molecule has 0 unspecified atom stereocenters. The lowest BCUT2D eigenvalue weighted by Crippen LogP contribution is -2.43. The number of ether oxygens (including phenoxy) is 3. The van der Waals surface area contributed by atoms with Gasteiger partial charge in [-0.25, -0.2) is 9.59 Å². The van der Waals surface area contributed by atoms with E-state index in [9.17, 15) is 9.59 Å². The second kappa shape index (κ2) is 11.2. The van der Waals surface area contributed by atoms with Crippen LogP contribution >= 0.6 is 0 Å². The van der Waals surface area contributed by atoms with Crippen LogP contribution in [0.25, 0.3) is 0 Å². The predicted molar refractivity (Wildman–Crippen MR) is 110 cm³/mol. The second-order valence-electron chi connectivity index (χ2n) is 7.60. The van der Waals surface area contributed by atoms with Crippen LogP contribution in [0.5, 0.6) is 0 Å². The van der Waals surface area contributed by atoms with E-state index in [0.717, 1.165) is 11.1 Å². The van der Waals surface area contributed by atoms with Gasteiger partial charge < -0.3 is 19.5 Å². The van der Waals surface area contributed by atoms with Gasteiger partial charge in [-0.2, -0.15) is 0 Å². The molecule has 2 aromatic rings. The van der Waals surface area contributed by atoms with Gasteiger partial charge in [0.15, 0.2) is 0 Å². The molecule has 6 heteroatoms. The summed E-state index contributed by atoms with van der Waals surface area (Å²) in [4.78, 5) is 24.7. The molecule has 0 spiro atoms. The molecule has 2 rings (SSSR count). The number of carbonyl (C=O) groups is 2. The third-order valence-electron chi connectivity index (χ3n) is 3.95. The highest BCUT2D eigenvalue weighted by Gasteiger charge is 2.24. The van der Waals surface area contributed by atoms with Gasteiger partial charge in [-0.15, -0.1) is 0 Å². The van der Waals surface area contributed by atoms with Crippen molar-refractivity contribution in [2.24, 2.45) is 0 Å². The van der Waals surface area contributed by atoms with Gasteiger partial charge in [0, 0.05) is 13.0 Å². The first kappa shape index (κ1) is 22.4. The van der Waals surface area contributed by atoms with Crippen LogP contribution in [-0.2, 0) is 32.2 Å². The normalized spacial score (nSPS) is 12.1. The number of rotatable bonds is 9. The van der Waals surface area contributed by atoms with Crippen LogP contribution in [0.4, 0.5) is 4.79 Å². The average Bonchev–Trinajstić information content (AvgIpc) is 2.70. The molecule has 1 N–H and O–H groups in total. The quantitative estimate of drug-likeness (QED) is 0.639. The Morgan fingerprint density at radius 2 is 1.38 bits per heavy atom. The molecule has 29 heavy (non-hydrogen) atoms. The molecular formula is C23H29NO5. The minimum atomic E-state index is -0.857. The van der Waals surface area contributed by atoms with Crippen molar-refractivity contribution in [2.75, 3.05) is 6.61 Å². The Hall–Kier alpha value is -2.86. The van der Waals surface area contributed by atoms with E-state index >= 15 is 0 Å². The smallest absolute Gasteiger partial charge is 0.408 e. The first-order chi connectivity index (χ1) is 13.8. The van der Waals surface area contributed by atoms with E-state index in [2.05, 4.69) is 5.32 Å². The monoisotopic (exact) mass is 399 g/mol. The molecule has 0 radical (unpaired) electrons. The molecule has 0 heterocycles. The van der Waals surface area contributed by atoms with Gasteiger partial charge in [0.05, 0.1) is 5.60 Å². The van der Waals surface area contributed by atoms with Crippen LogP contribution in [0.3, 0.4) is 0 Å². The zero-order valence-corrected chi connectivity index (χ0v) is 17.2. The van der Waals surface area contributed by atoms with Crippen LogP contribution in [-0.4, -0.2) is 30.3 Å². The average molecular weight is 399 g/mol. The Labute approximate surface area is 172 Å². The second-order valence-corrected chi connectivity index (χ2v) is 7.60. The predicted octanol–water partition coefficient (Wildman–Crippen LogP) is 4.23. The van der Waals surface area contributed by atoms with Gasteiger partial charge in [0.2, 0.25) is 0 Å². The number of nitrogens with one attached hydrogen (secondary N) is 1. The molecule has 6 nitrogen and oxygen atoms in total. The van der Waals surface area contributed by atoms with Crippen LogP contribution < -0.4 is 5.32 Å². The maximum atomic E-state index is 12.5. The fraction of sp³-hybridized carbons (Fsp3) is 0.391. The van der Waals surface area contributed by atoms with E-state index in [4.69, 9.17) is 14.2 Å². The van der Waals surface area contributed by atoms with E-state index in [1.54, 1.807) is 0 Å². The maximum Gasteiger partial charge on any atom is 0.408 e. The summed E-state index contributed by atoms with van der Waals surface area (Å²) in [6, 6.07) is 17.8. The van der Waals surface area contributed by atoms with Crippen molar-refractivity contribution in [3.05, 3.63) is 71.8 Å². The largest absolute Gasteiger partial charge is 0.459 e. The Kier molecular flexibility index (Phi) is 8.68. The zero-order chi connectivity index (χ0) is 21.1. The summed E-state index contributed by atoms with van der Waals surface area (Å²) in [6.07, 6.45) is -0.392. The minimum Gasteiger partial charge on any atom is -0.459 e. The molecule has 1 amide bonds. The molecule has 0 saturated carbocycles. The summed E-state index contributed by atoms with van der Waals surface area (Å²) < 4.78 is 16.3. The van der Waals surface area contributed by atoms with Crippen LogP contribution in [0.1, 0.15) is 38.3 Å². The first-order valence-corrected chi connectivity index (χ1v) is 9.65. The lowest BCUT2D eigenvalue weighted by atomic mass is 10.2. The summed E-state index contributed by atoms with van der Waals surface area (Å²) in [7, 11) is 0. The highest BCUT2D eigenvalue weighted by molar-refractivity contribution is 5.81. The van der Waals surface area contributed by atoms with E-state index in [1.807, 2.05) is 81.4 Å². The summed E-state index contributed by atoms with van der Waals surface area (Å²) >= 11 is 0. The lowest BCUT2D eigenvalue weighted by molar-refractivity contribution is -0.148.